The molecule has 1 heterocycles. The molecule has 1 nitrogen and oxygen atoms in total. The smallest absolute Gasteiger partial charge is 0.0870 e. The maximum atomic E-state index is 5.67. The molecular formula is C16H24OS. The van der Waals surface area contributed by atoms with Gasteiger partial charge in [0.25, 0.3) is 0 Å². The maximum absolute atomic E-state index is 5.67. The van der Waals surface area contributed by atoms with E-state index in [0.717, 1.165) is 12.8 Å². The largest absolute Gasteiger partial charge is 0.369 e. The molecular weight excluding hydrogens is 240 g/mol. The lowest BCUT2D eigenvalue weighted by Crippen LogP contribution is -2.09. The number of ether oxygens (including phenoxy) is 1. The van der Waals surface area contributed by atoms with E-state index in [9.17, 15) is 0 Å². The lowest BCUT2D eigenvalue weighted by atomic mass is 9.96. The summed E-state index contributed by atoms with van der Waals surface area (Å²) in [7, 11) is 0. The van der Waals surface area contributed by atoms with Crippen LogP contribution in [0.15, 0.2) is 29.2 Å². The Kier molecular flexibility index (Phi) is 5.13. The third-order valence-corrected chi connectivity index (χ3v) is 4.76. The van der Waals surface area contributed by atoms with Gasteiger partial charge in [0.1, 0.15) is 0 Å². The molecule has 0 spiro atoms. The fraction of sp³-hybridized carbons (Fsp3) is 0.625. The molecule has 0 radical (unpaired) electrons. The van der Waals surface area contributed by atoms with Crippen molar-refractivity contribution in [3.05, 3.63) is 29.8 Å². The zero-order chi connectivity index (χ0) is 13.0. The summed E-state index contributed by atoms with van der Waals surface area (Å²) >= 11 is 1.95. The molecule has 0 aliphatic carbocycles. The van der Waals surface area contributed by atoms with Crippen molar-refractivity contribution in [1.29, 1.82) is 0 Å². The van der Waals surface area contributed by atoms with Crippen LogP contribution in [0.25, 0.3) is 0 Å². The Morgan fingerprint density at radius 3 is 2.50 bits per heavy atom. The van der Waals surface area contributed by atoms with E-state index in [0.29, 0.717) is 18.1 Å². The van der Waals surface area contributed by atoms with Gasteiger partial charge in [0.15, 0.2) is 0 Å². The average Bonchev–Trinajstić information content (AvgIpc) is 3.17. The van der Waals surface area contributed by atoms with Crippen LogP contribution in [0.2, 0.25) is 0 Å². The highest BCUT2D eigenvalue weighted by atomic mass is 32.2. The van der Waals surface area contributed by atoms with Crippen LogP contribution in [0.3, 0.4) is 0 Å². The van der Waals surface area contributed by atoms with Crippen LogP contribution < -0.4 is 0 Å². The molecule has 3 unspecified atom stereocenters. The van der Waals surface area contributed by atoms with E-state index in [4.69, 9.17) is 4.74 Å². The Hall–Kier alpha value is -0.470. The first kappa shape index (κ1) is 14.0. The fourth-order valence-corrected chi connectivity index (χ4v) is 3.18. The van der Waals surface area contributed by atoms with E-state index >= 15 is 0 Å². The first-order valence-electron chi connectivity index (χ1n) is 7.11. The second-order valence-corrected chi connectivity index (χ2v) is 6.39. The van der Waals surface area contributed by atoms with Gasteiger partial charge in [0.2, 0.25) is 0 Å². The van der Waals surface area contributed by atoms with Crippen LogP contribution in [-0.2, 0) is 11.2 Å². The quantitative estimate of drug-likeness (QED) is 0.529. The van der Waals surface area contributed by atoms with Crippen LogP contribution in [0, 0.1) is 5.92 Å². The molecule has 1 fully saturated rings. The molecule has 0 amide bonds. The zero-order valence-electron chi connectivity index (χ0n) is 11.7. The number of benzene rings is 1. The molecule has 3 atom stereocenters. The van der Waals surface area contributed by atoms with E-state index in [-0.39, 0.29) is 0 Å². The molecule has 1 aliphatic rings. The highest BCUT2D eigenvalue weighted by Crippen LogP contribution is 2.33. The van der Waals surface area contributed by atoms with Gasteiger partial charge >= 0.3 is 0 Å². The van der Waals surface area contributed by atoms with Crippen LogP contribution >= 0.6 is 11.8 Å². The minimum Gasteiger partial charge on any atom is -0.369 e. The lowest BCUT2D eigenvalue weighted by Gasteiger charge is -2.09. The summed E-state index contributed by atoms with van der Waals surface area (Å²) < 4.78 is 5.67. The molecule has 1 saturated heterocycles. The van der Waals surface area contributed by atoms with Crippen LogP contribution in [0.5, 0.6) is 0 Å². The van der Waals surface area contributed by atoms with Crippen LogP contribution in [0.4, 0.5) is 0 Å². The molecule has 0 saturated carbocycles. The number of epoxide rings is 1. The number of hydrogen-bond acceptors (Lipinski definition) is 2. The number of rotatable bonds is 7. The topological polar surface area (TPSA) is 12.5 Å². The van der Waals surface area contributed by atoms with Crippen LogP contribution in [-0.4, -0.2) is 18.0 Å². The van der Waals surface area contributed by atoms with Crippen molar-refractivity contribution in [2.75, 3.05) is 5.75 Å². The van der Waals surface area contributed by atoms with Gasteiger partial charge in [0, 0.05) is 4.90 Å². The second kappa shape index (κ2) is 6.63. The molecule has 2 rings (SSSR count). The molecule has 1 aliphatic heterocycles. The monoisotopic (exact) mass is 264 g/mol. The molecule has 2 heteroatoms. The number of hydrogen-bond donors (Lipinski definition) is 0. The Bertz CT molecular complexity index is 360. The van der Waals surface area contributed by atoms with Crippen molar-refractivity contribution in [3.8, 4) is 0 Å². The summed E-state index contributed by atoms with van der Waals surface area (Å²) in [4.78, 5) is 1.39. The van der Waals surface area contributed by atoms with E-state index in [1.54, 1.807) is 0 Å². The Morgan fingerprint density at radius 2 is 1.94 bits per heavy atom. The van der Waals surface area contributed by atoms with Crippen molar-refractivity contribution >= 4 is 11.8 Å². The highest BCUT2D eigenvalue weighted by molar-refractivity contribution is 7.99. The van der Waals surface area contributed by atoms with Gasteiger partial charge in [-0.2, -0.15) is 0 Å². The summed E-state index contributed by atoms with van der Waals surface area (Å²) in [6.45, 7) is 6.74. The summed E-state index contributed by atoms with van der Waals surface area (Å²) in [6.07, 6.45) is 4.56. The molecule has 1 aromatic rings. The number of thioether (sulfide) groups is 1. The summed E-state index contributed by atoms with van der Waals surface area (Å²) in [5.41, 5.74) is 1.44. The predicted octanol–water partition coefficient (Wildman–Crippen LogP) is 4.54. The first-order valence-corrected chi connectivity index (χ1v) is 8.10. The Balaban J connectivity index is 1.82. The minimum atomic E-state index is 0.504. The Labute approximate surface area is 115 Å². The standard InChI is InChI=1S/C16H24OS/c1-4-10-18-14-8-6-13(7-9-14)11-12(3)16-15(5-2)17-16/h6-9,12,15-16H,4-5,10-11H2,1-3H3. The van der Waals surface area contributed by atoms with Gasteiger partial charge < -0.3 is 4.74 Å². The van der Waals surface area contributed by atoms with Crippen molar-refractivity contribution in [3.63, 3.8) is 0 Å². The van der Waals surface area contributed by atoms with Gasteiger partial charge in [-0.25, -0.2) is 0 Å². The minimum absolute atomic E-state index is 0.504. The third kappa shape index (κ3) is 3.76. The SMILES string of the molecule is CCCSc1ccc(CC(C)C2OC2CC)cc1. The van der Waals surface area contributed by atoms with Crippen molar-refractivity contribution in [2.24, 2.45) is 5.92 Å². The zero-order valence-corrected chi connectivity index (χ0v) is 12.5. The predicted molar refractivity (Wildman–Crippen MR) is 79.3 cm³/mol. The molecule has 1 aromatic carbocycles. The molecule has 0 N–H and O–H groups in total. The molecule has 18 heavy (non-hydrogen) atoms. The molecule has 0 bridgehead atoms. The van der Waals surface area contributed by atoms with Gasteiger partial charge in [-0.1, -0.05) is 32.9 Å². The highest BCUT2D eigenvalue weighted by Gasteiger charge is 2.40. The van der Waals surface area contributed by atoms with Crippen molar-refractivity contribution in [1.82, 2.24) is 0 Å². The van der Waals surface area contributed by atoms with Gasteiger partial charge in [-0.05, 0) is 48.6 Å². The van der Waals surface area contributed by atoms with Crippen molar-refractivity contribution < 1.29 is 4.74 Å². The molecule has 100 valence electrons. The Morgan fingerprint density at radius 1 is 1.22 bits per heavy atom. The summed E-state index contributed by atoms with van der Waals surface area (Å²) in [5.74, 6) is 1.85. The lowest BCUT2D eigenvalue weighted by molar-refractivity contribution is 0.322. The third-order valence-electron chi connectivity index (χ3n) is 3.54. The van der Waals surface area contributed by atoms with Gasteiger partial charge in [-0.15, -0.1) is 11.8 Å². The van der Waals surface area contributed by atoms with E-state index in [1.165, 1.54) is 22.6 Å². The van der Waals surface area contributed by atoms with E-state index < -0.39 is 0 Å². The van der Waals surface area contributed by atoms with Gasteiger partial charge in [-0.3, -0.25) is 0 Å². The maximum Gasteiger partial charge on any atom is 0.0870 e. The van der Waals surface area contributed by atoms with E-state index in [2.05, 4.69) is 45.0 Å². The first-order chi connectivity index (χ1) is 8.74. The van der Waals surface area contributed by atoms with Crippen molar-refractivity contribution in [2.45, 2.75) is 57.1 Å². The normalized spacial score (nSPS) is 23.9. The summed E-state index contributed by atoms with van der Waals surface area (Å²) in [5, 5.41) is 0. The van der Waals surface area contributed by atoms with Gasteiger partial charge in [0.05, 0.1) is 12.2 Å². The fourth-order valence-electron chi connectivity index (χ4n) is 2.42. The average molecular weight is 264 g/mol. The second-order valence-electron chi connectivity index (χ2n) is 5.22. The van der Waals surface area contributed by atoms with Crippen LogP contribution in [0.1, 0.15) is 39.2 Å². The van der Waals surface area contributed by atoms with E-state index in [1.807, 2.05) is 11.8 Å². The molecule has 0 aromatic heterocycles. The summed E-state index contributed by atoms with van der Waals surface area (Å²) in [6, 6.07) is 9.07.